The molecule has 3 heteroatoms. The van der Waals surface area contributed by atoms with Crippen LogP contribution < -0.4 is 9.47 Å². The Kier molecular flexibility index (Phi) is 5.66. The minimum atomic E-state index is 0.0177. The molecular formula is C21H26O3. The van der Waals surface area contributed by atoms with Gasteiger partial charge in [0.05, 0.1) is 14.2 Å². The Morgan fingerprint density at radius 3 is 1.67 bits per heavy atom. The van der Waals surface area contributed by atoms with E-state index < -0.39 is 0 Å². The van der Waals surface area contributed by atoms with Gasteiger partial charge in [0.25, 0.3) is 0 Å². The molecule has 0 aliphatic heterocycles. The second-order valence-electron chi connectivity index (χ2n) is 6.55. The fraction of sp³-hybridized carbons (Fsp3) is 0.381. The molecule has 0 saturated heterocycles. The molecule has 24 heavy (non-hydrogen) atoms. The van der Waals surface area contributed by atoms with Crippen LogP contribution in [0.5, 0.6) is 11.5 Å². The van der Waals surface area contributed by atoms with E-state index in [1.807, 2.05) is 24.3 Å². The molecule has 0 aromatic heterocycles. The Bertz CT molecular complexity index is 683. The van der Waals surface area contributed by atoms with Crippen LogP contribution in [0.3, 0.4) is 0 Å². The fourth-order valence-electron chi connectivity index (χ4n) is 2.81. The minimum Gasteiger partial charge on any atom is -0.497 e. The average Bonchev–Trinajstić information content (AvgIpc) is 2.59. The normalized spacial score (nSPS) is 11.0. The molecule has 2 aromatic carbocycles. The highest BCUT2D eigenvalue weighted by Crippen LogP contribution is 2.36. The second-order valence-corrected chi connectivity index (χ2v) is 6.55. The summed E-state index contributed by atoms with van der Waals surface area (Å²) < 4.78 is 10.8. The Balaban J connectivity index is 2.54. The van der Waals surface area contributed by atoms with Crippen molar-refractivity contribution in [2.45, 2.75) is 39.5 Å². The van der Waals surface area contributed by atoms with Gasteiger partial charge in [-0.25, -0.2) is 0 Å². The summed E-state index contributed by atoms with van der Waals surface area (Å²) in [5.74, 6) is 2.21. The van der Waals surface area contributed by atoms with Gasteiger partial charge in [-0.15, -0.1) is 0 Å². The van der Waals surface area contributed by atoms with Crippen LogP contribution in [0.4, 0.5) is 0 Å². The lowest BCUT2D eigenvalue weighted by molar-refractivity contribution is 0.103. The highest BCUT2D eigenvalue weighted by Gasteiger charge is 2.20. The molecule has 0 unspecified atom stereocenters. The molecule has 0 heterocycles. The van der Waals surface area contributed by atoms with Crippen molar-refractivity contribution in [2.75, 3.05) is 14.2 Å². The monoisotopic (exact) mass is 326 g/mol. The number of carbonyl (C=O) groups is 1. The maximum absolute atomic E-state index is 12.9. The molecule has 0 N–H and O–H groups in total. The number of benzene rings is 2. The first kappa shape index (κ1) is 18.1. The quantitative estimate of drug-likeness (QED) is 0.686. The van der Waals surface area contributed by atoms with E-state index in [0.29, 0.717) is 11.1 Å². The number of hydrogen-bond donors (Lipinski definition) is 0. The summed E-state index contributed by atoms with van der Waals surface area (Å²) in [6.45, 7) is 8.46. The van der Waals surface area contributed by atoms with Crippen molar-refractivity contribution < 1.29 is 14.3 Å². The van der Waals surface area contributed by atoms with Crippen LogP contribution in [0, 0.1) is 0 Å². The predicted molar refractivity (Wildman–Crippen MR) is 97.6 cm³/mol. The lowest BCUT2D eigenvalue weighted by Crippen LogP contribution is -2.07. The molecule has 0 aliphatic rings. The van der Waals surface area contributed by atoms with E-state index in [4.69, 9.17) is 9.47 Å². The number of rotatable bonds is 6. The molecule has 0 atom stereocenters. The molecule has 128 valence electrons. The molecule has 0 bridgehead atoms. The van der Waals surface area contributed by atoms with Crippen LogP contribution in [-0.4, -0.2) is 20.0 Å². The third-order valence-corrected chi connectivity index (χ3v) is 4.21. The van der Waals surface area contributed by atoms with E-state index in [2.05, 4.69) is 27.7 Å². The highest BCUT2D eigenvalue weighted by atomic mass is 16.5. The lowest BCUT2D eigenvalue weighted by Gasteiger charge is -2.20. The van der Waals surface area contributed by atoms with E-state index in [0.717, 1.165) is 22.6 Å². The molecule has 0 aliphatic carbocycles. The highest BCUT2D eigenvalue weighted by molar-refractivity contribution is 6.09. The largest absolute Gasteiger partial charge is 0.497 e. The first-order chi connectivity index (χ1) is 11.4. The fourth-order valence-corrected chi connectivity index (χ4v) is 2.81. The van der Waals surface area contributed by atoms with E-state index >= 15 is 0 Å². The first-order valence-electron chi connectivity index (χ1n) is 8.29. The summed E-state index contributed by atoms with van der Waals surface area (Å²) >= 11 is 0. The van der Waals surface area contributed by atoms with Crippen molar-refractivity contribution >= 4 is 5.78 Å². The average molecular weight is 326 g/mol. The molecule has 2 rings (SSSR count). The van der Waals surface area contributed by atoms with Gasteiger partial charge in [0.2, 0.25) is 0 Å². The number of carbonyl (C=O) groups excluding carboxylic acids is 1. The molecular weight excluding hydrogens is 300 g/mol. The third kappa shape index (κ3) is 3.61. The molecule has 3 nitrogen and oxygen atoms in total. The zero-order chi connectivity index (χ0) is 17.9. The summed E-state index contributed by atoms with van der Waals surface area (Å²) in [6.07, 6.45) is 0. The Morgan fingerprint density at radius 1 is 0.792 bits per heavy atom. The number of methoxy groups -OCH3 is 2. The Labute approximate surface area is 144 Å². The van der Waals surface area contributed by atoms with Gasteiger partial charge in [-0.3, -0.25) is 4.79 Å². The van der Waals surface area contributed by atoms with Gasteiger partial charge >= 0.3 is 0 Å². The van der Waals surface area contributed by atoms with Crippen molar-refractivity contribution in [1.82, 2.24) is 0 Å². The van der Waals surface area contributed by atoms with Crippen molar-refractivity contribution in [3.63, 3.8) is 0 Å². The van der Waals surface area contributed by atoms with Crippen molar-refractivity contribution in [1.29, 1.82) is 0 Å². The van der Waals surface area contributed by atoms with Gasteiger partial charge in [0.15, 0.2) is 5.78 Å². The molecule has 0 saturated carbocycles. The maximum Gasteiger partial charge on any atom is 0.193 e. The van der Waals surface area contributed by atoms with Gasteiger partial charge in [-0.05, 0) is 59.4 Å². The van der Waals surface area contributed by atoms with Gasteiger partial charge in [-0.2, -0.15) is 0 Å². The van der Waals surface area contributed by atoms with Crippen molar-refractivity contribution in [2.24, 2.45) is 0 Å². The number of hydrogen-bond acceptors (Lipinski definition) is 3. The van der Waals surface area contributed by atoms with Gasteiger partial charge < -0.3 is 9.47 Å². The lowest BCUT2D eigenvalue weighted by atomic mass is 9.89. The van der Waals surface area contributed by atoms with Crippen molar-refractivity contribution in [3.8, 4) is 11.5 Å². The SMILES string of the molecule is COc1ccc(C(=O)c2cc(C(C)C)c(OC)c(C(C)C)c2)cc1. The third-order valence-electron chi connectivity index (χ3n) is 4.21. The Hall–Kier alpha value is -2.29. The molecule has 0 amide bonds. The van der Waals surface area contributed by atoms with Crippen LogP contribution in [-0.2, 0) is 0 Å². The predicted octanol–water partition coefficient (Wildman–Crippen LogP) is 5.18. The summed E-state index contributed by atoms with van der Waals surface area (Å²) in [7, 11) is 3.31. The van der Waals surface area contributed by atoms with Crippen LogP contribution >= 0.6 is 0 Å². The van der Waals surface area contributed by atoms with Crippen molar-refractivity contribution in [3.05, 3.63) is 58.7 Å². The summed E-state index contributed by atoms with van der Waals surface area (Å²) in [6, 6.07) is 11.1. The van der Waals surface area contributed by atoms with Crippen LogP contribution in [0.1, 0.15) is 66.6 Å². The molecule has 2 aromatic rings. The zero-order valence-electron chi connectivity index (χ0n) is 15.3. The van der Waals surface area contributed by atoms with E-state index in [-0.39, 0.29) is 17.6 Å². The van der Waals surface area contributed by atoms with E-state index in [1.165, 1.54) is 0 Å². The van der Waals surface area contributed by atoms with Crippen LogP contribution in [0.2, 0.25) is 0 Å². The van der Waals surface area contributed by atoms with E-state index in [9.17, 15) is 4.79 Å². The van der Waals surface area contributed by atoms with E-state index in [1.54, 1.807) is 26.4 Å². The van der Waals surface area contributed by atoms with Crippen LogP contribution in [0.25, 0.3) is 0 Å². The summed E-state index contributed by atoms with van der Waals surface area (Å²) in [5, 5.41) is 0. The number of ether oxygens (including phenoxy) is 2. The molecule has 0 spiro atoms. The smallest absolute Gasteiger partial charge is 0.193 e. The first-order valence-corrected chi connectivity index (χ1v) is 8.29. The molecule has 0 radical (unpaired) electrons. The summed E-state index contributed by atoms with van der Waals surface area (Å²) in [4.78, 5) is 12.9. The van der Waals surface area contributed by atoms with Gasteiger partial charge in [-0.1, -0.05) is 27.7 Å². The number of ketones is 1. The van der Waals surface area contributed by atoms with Gasteiger partial charge in [0.1, 0.15) is 11.5 Å². The zero-order valence-corrected chi connectivity index (χ0v) is 15.3. The minimum absolute atomic E-state index is 0.0177. The topological polar surface area (TPSA) is 35.5 Å². The maximum atomic E-state index is 12.9. The summed E-state index contributed by atoms with van der Waals surface area (Å²) in [5.41, 5.74) is 3.50. The molecule has 0 fully saturated rings. The Morgan fingerprint density at radius 2 is 1.29 bits per heavy atom. The second kappa shape index (κ2) is 7.52. The van der Waals surface area contributed by atoms with Gasteiger partial charge in [0, 0.05) is 11.1 Å². The standard InChI is InChI=1S/C21H26O3/c1-13(2)18-11-16(12-19(14(3)4)21(18)24-6)20(22)15-7-9-17(23-5)10-8-15/h7-14H,1-6H3. The van der Waals surface area contributed by atoms with Crippen LogP contribution in [0.15, 0.2) is 36.4 Å².